The van der Waals surface area contributed by atoms with Gasteiger partial charge in [-0.2, -0.15) is 0 Å². The fourth-order valence-electron chi connectivity index (χ4n) is 2.63. The van der Waals surface area contributed by atoms with Gasteiger partial charge < -0.3 is 14.7 Å². The SMILES string of the molecule is CC1COCC(C)N1C(=O)Cc1ccccc1C(=O)O. The third kappa shape index (κ3) is 2.99. The lowest BCUT2D eigenvalue weighted by molar-refractivity contribution is -0.143. The second kappa shape index (κ2) is 6.05. The van der Waals surface area contributed by atoms with Gasteiger partial charge in [0.05, 0.1) is 37.3 Å². The first-order chi connectivity index (χ1) is 9.50. The summed E-state index contributed by atoms with van der Waals surface area (Å²) in [5.74, 6) is -1.06. The van der Waals surface area contributed by atoms with E-state index in [2.05, 4.69) is 0 Å². The van der Waals surface area contributed by atoms with Gasteiger partial charge in [-0.3, -0.25) is 4.79 Å². The second-order valence-corrected chi connectivity index (χ2v) is 5.18. The molecular weight excluding hydrogens is 258 g/mol. The molecule has 1 fully saturated rings. The maximum Gasteiger partial charge on any atom is 0.335 e. The smallest absolute Gasteiger partial charge is 0.335 e. The van der Waals surface area contributed by atoms with Crippen LogP contribution in [-0.2, 0) is 16.0 Å². The van der Waals surface area contributed by atoms with E-state index in [1.807, 2.05) is 13.8 Å². The molecule has 0 aliphatic carbocycles. The Balaban J connectivity index is 2.17. The predicted molar refractivity (Wildman–Crippen MR) is 73.7 cm³/mol. The molecule has 1 aromatic rings. The van der Waals surface area contributed by atoms with Crippen LogP contribution in [0.25, 0.3) is 0 Å². The molecule has 1 amide bonds. The summed E-state index contributed by atoms with van der Waals surface area (Å²) >= 11 is 0. The van der Waals surface area contributed by atoms with E-state index in [1.54, 1.807) is 23.1 Å². The highest BCUT2D eigenvalue weighted by Gasteiger charge is 2.30. The van der Waals surface area contributed by atoms with Gasteiger partial charge >= 0.3 is 5.97 Å². The molecule has 2 unspecified atom stereocenters. The van der Waals surface area contributed by atoms with Crippen molar-refractivity contribution in [2.24, 2.45) is 0 Å². The number of carboxylic acid groups (broad SMARTS) is 1. The molecule has 2 rings (SSSR count). The van der Waals surface area contributed by atoms with Gasteiger partial charge in [-0.1, -0.05) is 18.2 Å². The zero-order chi connectivity index (χ0) is 14.7. The Morgan fingerprint density at radius 2 is 1.85 bits per heavy atom. The normalized spacial score (nSPS) is 22.6. The molecule has 0 saturated carbocycles. The molecule has 0 aromatic heterocycles. The van der Waals surface area contributed by atoms with Crippen molar-refractivity contribution in [1.82, 2.24) is 4.90 Å². The molecule has 2 atom stereocenters. The van der Waals surface area contributed by atoms with Crippen molar-refractivity contribution < 1.29 is 19.4 Å². The van der Waals surface area contributed by atoms with Crippen molar-refractivity contribution in [3.8, 4) is 0 Å². The number of morpholine rings is 1. The average Bonchev–Trinajstić information content (AvgIpc) is 2.38. The summed E-state index contributed by atoms with van der Waals surface area (Å²) in [6.45, 7) is 4.93. The minimum absolute atomic E-state index is 0.0169. The highest BCUT2D eigenvalue weighted by atomic mass is 16.5. The Morgan fingerprint density at radius 1 is 1.25 bits per heavy atom. The Labute approximate surface area is 118 Å². The van der Waals surface area contributed by atoms with Crippen molar-refractivity contribution in [2.75, 3.05) is 13.2 Å². The van der Waals surface area contributed by atoms with Gasteiger partial charge in [0.15, 0.2) is 0 Å². The van der Waals surface area contributed by atoms with Crippen molar-refractivity contribution in [1.29, 1.82) is 0 Å². The van der Waals surface area contributed by atoms with Crippen LogP contribution in [0.5, 0.6) is 0 Å². The number of aromatic carboxylic acids is 1. The van der Waals surface area contributed by atoms with Gasteiger partial charge in [0.25, 0.3) is 0 Å². The lowest BCUT2D eigenvalue weighted by atomic mass is 10.0. The number of ether oxygens (including phenoxy) is 1. The monoisotopic (exact) mass is 277 g/mol. The maximum absolute atomic E-state index is 12.4. The number of amides is 1. The van der Waals surface area contributed by atoms with Crippen LogP contribution >= 0.6 is 0 Å². The number of carbonyl (C=O) groups is 2. The largest absolute Gasteiger partial charge is 0.478 e. The Kier molecular flexibility index (Phi) is 4.39. The fraction of sp³-hybridized carbons (Fsp3) is 0.467. The van der Waals surface area contributed by atoms with Crippen LogP contribution in [0.4, 0.5) is 0 Å². The van der Waals surface area contributed by atoms with Crippen LogP contribution in [0.1, 0.15) is 29.8 Å². The number of nitrogens with zero attached hydrogens (tertiary/aromatic N) is 1. The van der Waals surface area contributed by atoms with Crippen LogP contribution in [0, 0.1) is 0 Å². The first kappa shape index (κ1) is 14.5. The topological polar surface area (TPSA) is 66.8 Å². The lowest BCUT2D eigenvalue weighted by Crippen LogP contribution is -2.53. The van der Waals surface area contributed by atoms with Crippen LogP contribution in [0.3, 0.4) is 0 Å². The molecule has 0 spiro atoms. The molecule has 1 saturated heterocycles. The van der Waals surface area contributed by atoms with E-state index in [9.17, 15) is 9.59 Å². The van der Waals surface area contributed by atoms with Crippen LogP contribution < -0.4 is 0 Å². The highest BCUT2D eigenvalue weighted by Crippen LogP contribution is 2.17. The Bertz CT molecular complexity index is 504. The second-order valence-electron chi connectivity index (χ2n) is 5.18. The molecule has 5 nitrogen and oxygen atoms in total. The fourth-order valence-corrected chi connectivity index (χ4v) is 2.63. The van der Waals surface area contributed by atoms with Crippen molar-refractivity contribution >= 4 is 11.9 Å². The van der Waals surface area contributed by atoms with Crippen molar-refractivity contribution in [2.45, 2.75) is 32.4 Å². The van der Waals surface area contributed by atoms with E-state index < -0.39 is 5.97 Å². The number of carboxylic acids is 1. The van der Waals surface area contributed by atoms with Crippen molar-refractivity contribution in [3.63, 3.8) is 0 Å². The van der Waals surface area contributed by atoms with E-state index in [0.717, 1.165) is 0 Å². The molecule has 1 aromatic carbocycles. The molecule has 108 valence electrons. The van der Waals surface area contributed by atoms with Crippen LogP contribution in [-0.4, -0.2) is 47.2 Å². The standard InChI is InChI=1S/C15H19NO4/c1-10-8-20-9-11(2)16(10)14(17)7-12-5-3-4-6-13(12)15(18)19/h3-6,10-11H,7-9H2,1-2H3,(H,18,19). The zero-order valence-electron chi connectivity index (χ0n) is 11.7. The summed E-state index contributed by atoms with van der Waals surface area (Å²) in [6, 6.07) is 6.67. The van der Waals surface area contributed by atoms with Gasteiger partial charge in [-0.25, -0.2) is 4.79 Å². The molecule has 1 N–H and O–H groups in total. The molecule has 5 heteroatoms. The highest BCUT2D eigenvalue weighted by molar-refractivity contribution is 5.91. The number of hydrogen-bond donors (Lipinski definition) is 1. The minimum atomic E-state index is -1.00. The number of rotatable bonds is 3. The summed E-state index contributed by atoms with van der Waals surface area (Å²) < 4.78 is 5.40. The summed E-state index contributed by atoms with van der Waals surface area (Å²) in [5, 5.41) is 9.15. The van der Waals surface area contributed by atoms with E-state index >= 15 is 0 Å². The quantitative estimate of drug-likeness (QED) is 0.910. The minimum Gasteiger partial charge on any atom is -0.478 e. The third-order valence-electron chi connectivity index (χ3n) is 3.55. The summed E-state index contributed by atoms with van der Waals surface area (Å²) in [5.41, 5.74) is 0.741. The maximum atomic E-state index is 12.4. The van der Waals surface area contributed by atoms with Crippen LogP contribution in [0.2, 0.25) is 0 Å². The zero-order valence-corrected chi connectivity index (χ0v) is 11.7. The van der Waals surface area contributed by atoms with E-state index in [-0.39, 0.29) is 30.0 Å². The first-order valence-electron chi connectivity index (χ1n) is 6.70. The van der Waals surface area contributed by atoms with Gasteiger partial charge in [0.2, 0.25) is 5.91 Å². The van der Waals surface area contributed by atoms with Gasteiger partial charge in [-0.05, 0) is 25.5 Å². The Morgan fingerprint density at radius 3 is 2.45 bits per heavy atom. The first-order valence-corrected chi connectivity index (χ1v) is 6.70. The van der Waals surface area contributed by atoms with E-state index in [4.69, 9.17) is 9.84 Å². The third-order valence-corrected chi connectivity index (χ3v) is 3.55. The van der Waals surface area contributed by atoms with E-state index in [1.165, 1.54) is 6.07 Å². The molecular formula is C15H19NO4. The molecule has 20 heavy (non-hydrogen) atoms. The summed E-state index contributed by atoms with van der Waals surface area (Å²) in [4.78, 5) is 25.4. The molecule has 1 aliphatic heterocycles. The number of carbonyl (C=O) groups excluding carboxylic acids is 1. The predicted octanol–water partition coefficient (Wildman–Crippen LogP) is 1.56. The van der Waals surface area contributed by atoms with Gasteiger partial charge in [0, 0.05) is 0 Å². The molecule has 1 aliphatic rings. The van der Waals surface area contributed by atoms with Crippen LogP contribution in [0.15, 0.2) is 24.3 Å². The van der Waals surface area contributed by atoms with E-state index in [0.29, 0.717) is 18.8 Å². The average molecular weight is 277 g/mol. The van der Waals surface area contributed by atoms with Gasteiger partial charge in [0.1, 0.15) is 0 Å². The van der Waals surface area contributed by atoms with Gasteiger partial charge in [-0.15, -0.1) is 0 Å². The number of benzene rings is 1. The van der Waals surface area contributed by atoms with Crippen molar-refractivity contribution in [3.05, 3.63) is 35.4 Å². The Hall–Kier alpha value is -1.88. The summed E-state index contributed by atoms with van der Waals surface area (Å²) in [6.07, 6.45) is 0.108. The summed E-state index contributed by atoms with van der Waals surface area (Å²) in [7, 11) is 0. The lowest BCUT2D eigenvalue weighted by Gasteiger charge is -2.39. The number of hydrogen-bond acceptors (Lipinski definition) is 3. The molecule has 0 bridgehead atoms. The molecule has 1 heterocycles. The molecule has 0 radical (unpaired) electrons.